The summed E-state index contributed by atoms with van der Waals surface area (Å²) < 4.78 is 5.75. The Morgan fingerprint density at radius 1 is 1.04 bits per heavy atom. The van der Waals surface area contributed by atoms with Crippen molar-refractivity contribution in [2.75, 3.05) is 6.61 Å². The number of hydrogen-bond acceptors (Lipinski definition) is 5. The molecule has 26 heavy (non-hydrogen) atoms. The summed E-state index contributed by atoms with van der Waals surface area (Å²) in [6.07, 6.45) is 0. The van der Waals surface area contributed by atoms with E-state index in [0.717, 1.165) is 9.37 Å². The highest BCUT2D eigenvalue weighted by Gasteiger charge is 2.41. The van der Waals surface area contributed by atoms with E-state index in [0.29, 0.717) is 5.56 Å². The van der Waals surface area contributed by atoms with Crippen LogP contribution in [0.15, 0.2) is 53.0 Å². The van der Waals surface area contributed by atoms with Gasteiger partial charge in [0.2, 0.25) is 0 Å². The Hall–Kier alpha value is -2.80. The number of ketones is 1. The number of hydrogen-bond donors (Lipinski definition) is 0. The van der Waals surface area contributed by atoms with Gasteiger partial charge >= 0.3 is 5.97 Å². The van der Waals surface area contributed by atoms with E-state index in [1.807, 2.05) is 0 Å². The molecule has 132 valence electrons. The molecule has 6 nitrogen and oxygen atoms in total. The largest absolute Gasteiger partial charge is 0.456 e. The van der Waals surface area contributed by atoms with E-state index in [1.165, 1.54) is 19.1 Å². The Kier molecular flexibility index (Phi) is 4.99. The molecule has 0 bridgehead atoms. The summed E-state index contributed by atoms with van der Waals surface area (Å²) in [5.74, 6) is -2.29. The number of fused-ring (bicyclic) bond motifs is 1. The van der Waals surface area contributed by atoms with Gasteiger partial charge in [0.1, 0.15) is 6.04 Å². The Bertz CT molecular complexity index is 889. The van der Waals surface area contributed by atoms with Gasteiger partial charge in [-0.3, -0.25) is 19.3 Å². The first-order valence-electron chi connectivity index (χ1n) is 7.82. The molecule has 1 atom stereocenters. The molecule has 0 fully saturated rings. The van der Waals surface area contributed by atoms with E-state index in [-0.39, 0.29) is 16.9 Å². The maximum Gasteiger partial charge on any atom is 0.329 e. The first-order valence-corrected chi connectivity index (χ1v) is 8.61. The molecule has 0 radical (unpaired) electrons. The van der Waals surface area contributed by atoms with Crippen LogP contribution >= 0.6 is 15.9 Å². The molecule has 1 heterocycles. The number of ether oxygens (including phenoxy) is 1. The summed E-state index contributed by atoms with van der Waals surface area (Å²) in [5.41, 5.74) is 0.894. The zero-order chi connectivity index (χ0) is 18.8. The minimum atomic E-state index is -1.13. The van der Waals surface area contributed by atoms with Crippen molar-refractivity contribution in [1.29, 1.82) is 0 Å². The van der Waals surface area contributed by atoms with Gasteiger partial charge in [0, 0.05) is 10.0 Å². The molecule has 0 saturated carbocycles. The van der Waals surface area contributed by atoms with E-state index in [4.69, 9.17) is 4.74 Å². The lowest BCUT2D eigenvalue weighted by Crippen LogP contribution is -2.44. The smallest absolute Gasteiger partial charge is 0.329 e. The van der Waals surface area contributed by atoms with Gasteiger partial charge in [-0.25, -0.2) is 4.79 Å². The zero-order valence-electron chi connectivity index (χ0n) is 13.8. The Morgan fingerprint density at radius 2 is 1.65 bits per heavy atom. The van der Waals surface area contributed by atoms with E-state index < -0.39 is 30.4 Å². The minimum absolute atomic E-state index is 0.252. The molecule has 0 unspecified atom stereocenters. The molecule has 0 aromatic heterocycles. The maximum absolute atomic E-state index is 12.4. The summed E-state index contributed by atoms with van der Waals surface area (Å²) in [7, 11) is 0. The minimum Gasteiger partial charge on any atom is -0.456 e. The van der Waals surface area contributed by atoms with Crippen molar-refractivity contribution in [2.24, 2.45) is 0 Å². The second-order valence-corrected chi connectivity index (χ2v) is 6.66. The molecule has 0 spiro atoms. The molecule has 2 aromatic carbocycles. The molecule has 0 saturated heterocycles. The number of benzene rings is 2. The molecule has 1 aliphatic rings. The standard InChI is InChI=1S/C19H14BrNO5/c1-11(21-17(23)14-7-2-3-8-15(14)18(21)24)19(25)26-10-16(22)12-5-4-6-13(20)9-12/h2-9,11H,10H2,1H3/t11-/m1/s1. The van der Waals surface area contributed by atoms with Crippen molar-refractivity contribution in [1.82, 2.24) is 4.90 Å². The molecular weight excluding hydrogens is 402 g/mol. The van der Waals surface area contributed by atoms with Crippen LogP contribution in [0, 0.1) is 0 Å². The third-order valence-electron chi connectivity index (χ3n) is 4.05. The number of Topliss-reactive ketones (excluding diaryl/α,β-unsaturated/α-hetero) is 1. The number of amides is 2. The predicted octanol–water partition coefficient (Wildman–Crippen LogP) is 2.86. The second-order valence-electron chi connectivity index (χ2n) is 5.74. The van der Waals surface area contributed by atoms with Crippen LogP contribution in [-0.2, 0) is 9.53 Å². The Morgan fingerprint density at radius 3 is 2.23 bits per heavy atom. The van der Waals surface area contributed by atoms with E-state index >= 15 is 0 Å². The molecule has 1 aliphatic heterocycles. The maximum atomic E-state index is 12.4. The fraction of sp³-hybridized carbons (Fsp3) is 0.158. The highest BCUT2D eigenvalue weighted by Crippen LogP contribution is 2.24. The van der Waals surface area contributed by atoms with Crippen molar-refractivity contribution in [3.63, 3.8) is 0 Å². The lowest BCUT2D eigenvalue weighted by molar-refractivity contribution is -0.146. The van der Waals surface area contributed by atoms with Gasteiger partial charge in [-0.1, -0.05) is 40.2 Å². The molecule has 0 aliphatic carbocycles. The quantitative estimate of drug-likeness (QED) is 0.426. The van der Waals surface area contributed by atoms with Crippen molar-refractivity contribution < 1.29 is 23.9 Å². The molecular formula is C19H14BrNO5. The van der Waals surface area contributed by atoms with Crippen molar-refractivity contribution in [2.45, 2.75) is 13.0 Å². The zero-order valence-corrected chi connectivity index (χ0v) is 15.4. The molecule has 2 aromatic rings. The Balaban J connectivity index is 1.66. The third kappa shape index (κ3) is 3.30. The summed E-state index contributed by atoms with van der Waals surface area (Å²) in [4.78, 5) is 50.0. The monoisotopic (exact) mass is 415 g/mol. The van der Waals surface area contributed by atoms with Gasteiger partial charge in [0.05, 0.1) is 11.1 Å². The highest BCUT2D eigenvalue weighted by molar-refractivity contribution is 9.10. The normalized spacial score (nSPS) is 14.2. The second kappa shape index (κ2) is 7.21. The lowest BCUT2D eigenvalue weighted by Gasteiger charge is -2.20. The summed E-state index contributed by atoms with van der Waals surface area (Å²) >= 11 is 3.26. The number of halogens is 1. The lowest BCUT2D eigenvalue weighted by atomic mass is 10.1. The first-order chi connectivity index (χ1) is 12.4. The average Bonchev–Trinajstić information content (AvgIpc) is 2.90. The van der Waals surface area contributed by atoms with Crippen LogP contribution in [0.2, 0.25) is 0 Å². The number of nitrogens with zero attached hydrogens (tertiary/aromatic N) is 1. The van der Waals surface area contributed by atoms with Crippen LogP contribution in [0.5, 0.6) is 0 Å². The van der Waals surface area contributed by atoms with Gasteiger partial charge in [-0.2, -0.15) is 0 Å². The summed E-state index contributed by atoms with van der Waals surface area (Å²) in [6.45, 7) is 0.927. The highest BCUT2D eigenvalue weighted by atomic mass is 79.9. The van der Waals surface area contributed by atoms with Gasteiger partial charge in [0.15, 0.2) is 12.4 Å². The van der Waals surface area contributed by atoms with Crippen LogP contribution in [0.3, 0.4) is 0 Å². The summed E-state index contributed by atoms with van der Waals surface area (Å²) in [6, 6.07) is 11.9. The van der Waals surface area contributed by atoms with Gasteiger partial charge in [0.25, 0.3) is 11.8 Å². The SMILES string of the molecule is C[C@H](C(=O)OCC(=O)c1cccc(Br)c1)N1C(=O)c2ccccc2C1=O. The predicted molar refractivity (Wildman–Crippen MR) is 95.8 cm³/mol. The van der Waals surface area contributed by atoms with Gasteiger partial charge in [-0.15, -0.1) is 0 Å². The number of imide groups is 1. The number of carbonyl (C=O) groups is 4. The van der Waals surface area contributed by atoms with Crippen molar-refractivity contribution >= 4 is 39.5 Å². The molecule has 7 heteroatoms. The van der Waals surface area contributed by atoms with Crippen molar-refractivity contribution in [3.8, 4) is 0 Å². The van der Waals surface area contributed by atoms with E-state index in [9.17, 15) is 19.2 Å². The Labute approximate surface area is 157 Å². The molecule has 2 amide bonds. The topological polar surface area (TPSA) is 80.8 Å². The number of esters is 1. The molecule has 0 N–H and O–H groups in total. The average molecular weight is 416 g/mol. The third-order valence-corrected chi connectivity index (χ3v) is 4.54. The first kappa shape index (κ1) is 18.0. The molecule has 3 rings (SSSR count). The van der Waals surface area contributed by atoms with Gasteiger partial charge < -0.3 is 4.74 Å². The fourth-order valence-corrected chi connectivity index (χ4v) is 3.07. The summed E-state index contributed by atoms with van der Waals surface area (Å²) in [5, 5.41) is 0. The van der Waals surface area contributed by atoms with Crippen LogP contribution in [0.4, 0.5) is 0 Å². The van der Waals surface area contributed by atoms with E-state index in [2.05, 4.69) is 15.9 Å². The fourth-order valence-electron chi connectivity index (χ4n) is 2.67. The van der Waals surface area contributed by atoms with Crippen LogP contribution in [-0.4, -0.2) is 41.1 Å². The van der Waals surface area contributed by atoms with Crippen LogP contribution < -0.4 is 0 Å². The van der Waals surface area contributed by atoms with E-state index in [1.54, 1.807) is 36.4 Å². The van der Waals surface area contributed by atoms with Crippen LogP contribution in [0.1, 0.15) is 38.0 Å². The number of carbonyl (C=O) groups excluding carboxylic acids is 4. The van der Waals surface area contributed by atoms with Gasteiger partial charge in [-0.05, 0) is 31.2 Å². The number of rotatable bonds is 5. The van der Waals surface area contributed by atoms with Crippen LogP contribution in [0.25, 0.3) is 0 Å². The van der Waals surface area contributed by atoms with Crippen molar-refractivity contribution in [3.05, 3.63) is 69.7 Å².